The van der Waals surface area contributed by atoms with Gasteiger partial charge in [0.25, 0.3) is 0 Å². The summed E-state index contributed by atoms with van der Waals surface area (Å²) in [6.07, 6.45) is 0.761. The van der Waals surface area contributed by atoms with Crippen LogP contribution in [0.1, 0.15) is 34.3 Å². The number of esters is 1. The van der Waals surface area contributed by atoms with Crippen molar-refractivity contribution in [2.45, 2.75) is 30.8 Å². The standard InChI is InChI=1S/C20H20FNO3/c21-11-10-14-6-8-15(9-7-14)18(23)25-17-12-20(13-17,19(22)24)16-4-2-1-3-5-16/h1-9,17H,10-13H2,(H2,22,24). The zero-order valence-electron chi connectivity index (χ0n) is 13.8. The van der Waals surface area contributed by atoms with Gasteiger partial charge < -0.3 is 10.5 Å². The van der Waals surface area contributed by atoms with Crippen LogP contribution in [0.25, 0.3) is 0 Å². The van der Waals surface area contributed by atoms with Gasteiger partial charge in [0, 0.05) is 19.3 Å². The van der Waals surface area contributed by atoms with E-state index in [0.717, 1.165) is 11.1 Å². The van der Waals surface area contributed by atoms with E-state index in [4.69, 9.17) is 10.5 Å². The highest BCUT2D eigenvalue weighted by atomic mass is 19.1. The van der Waals surface area contributed by atoms with Crippen molar-refractivity contribution in [3.63, 3.8) is 0 Å². The maximum absolute atomic E-state index is 12.3. The topological polar surface area (TPSA) is 69.4 Å². The largest absolute Gasteiger partial charge is 0.459 e. The van der Waals surface area contributed by atoms with Crippen molar-refractivity contribution < 1.29 is 18.7 Å². The van der Waals surface area contributed by atoms with Crippen LogP contribution >= 0.6 is 0 Å². The lowest BCUT2D eigenvalue weighted by Crippen LogP contribution is -2.54. The van der Waals surface area contributed by atoms with Crippen LogP contribution in [0.15, 0.2) is 54.6 Å². The number of aryl methyl sites for hydroxylation is 1. The van der Waals surface area contributed by atoms with Crippen molar-refractivity contribution in [2.75, 3.05) is 6.67 Å². The second-order valence-electron chi connectivity index (χ2n) is 6.38. The van der Waals surface area contributed by atoms with Gasteiger partial charge in [0.2, 0.25) is 5.91 Å². The van der Waals surface area contributed by atoms with Gasteiger partial charge in [-0.1, -0.05) is 42.5 Å². The molecule has 5 heteroatoms. The van der Waals surface area contributed by atoms with Crippen LogP contribution < -0.4 is 5.73 Å². The Bertz CT molecular complexity index is 752. The summed E-state index contributed by atoms with van der Waals surface area (Å²) in [7, 11) is 0. The molecule has 1 aliphatic carbocycles. The van der Waals surface area contributed by atoms with E-state index in [-0.39, 0.29) is 6.10 Å². The van der Waals surface area contributed by atoms with Gasteiger partial charge in [0.1, 0.15) is 6.10 Å². The fourth-order valence-electron chi connectivity index (χ4n) is 3.27. The maximum Gasteiger partial charge on any atom is 0.338 e. The molecule has 0 radical (unpaired) electrons. The normalized spacial score (nSPS) is 22.0. The number of benzene rings is 2. The van der Waals surface area contributed by atoms with Crippen molar-refractivity contribution in [3.05, 3.63) is 71.3 Å². The molecule has 0 unspecified atom stereocenters. The minimum Gasteiger partial charge on any atom is -0.459 e. The monoisotopic (exact) mass is 341 g/mol. The molecule has 25 heavy (non-hydrogen) atoms. The van der Waals surface area contributed by atoms with Crippen LogP contribution in [-0.4, -0.2) is 24.7 Å². The smallest absolute Gasteiger partial charge is 0.338 e. The first-order chi connectivity index (χ1) is 12.0. The lowest BCUT2D eigenvalue weighted by atomic mass is 9.62. The van der Waals surface area contributed by atoms with Crippen LogP contribution in [0, 0.1) is 0 Å². The molecule has 0 atom stereocenters. The fraction of sp³-hybridized carbons (Fsp3) is 0.300. The third-order valence-corrected chi connectivity index (χ3v) is 4.80. The third-order valence-electron chi connectivity index (χ3n) is 4.80. The number of halogens is 1. The predicted octanol–water partition coefficient (Wildman–Crippen LogP) is 2.94. The number of amides is 1. The number of nitrogens with two attached hydrogens (primary N) is 1. The molecule has 0 aliphatic heterocycles. The van der Waals surface area contributed by atoms with E-state index in [9.17, 15) is 14.0 Å². The highest BCUT2D eigenvalue weighted by molar-refractivity contribution is 5.91. The zero-order valence-corrected chi connectivity index (χ0v) is 13.8. The van der Waals surface area contributed by atoms with Gasteiger partial charge in [0.15, 0.2) is 0 Å². The SMILES string of the molecule is NC(=O)C1(c2ccccc2)CC(OC(=O)c2ccc(CCF)cc2)C1. The van der Waals surface area contributed by atoms with Gasteiger partial charge in [-0.25, -0.2) is 4.79 Å². The molecule has 1 saturated carbocycles. The minimum absolute atomic E-state index is 0.330. The summed E-state index contributed by atoms with van der Waals surface area (Å²) in [5.41, 5.74) is 6.94. The van der Waals surface area contributed by atoms with E-state index in [2.05, 4.69) is 0 Å². The highest BCUT2D eigenvalue weighted by Crippen LogP contribution is 2.45. The van der Waals surface area contributed by atoms with Crippen LogP contribution in [0.3, 0.4) is 0 Å². The molecule has 1 fully saturated rings. The molecule has 0 heterocycles. The van der Waals surface area contributed by atoms with Crippen molar-refractivity contribution in [3.8, 4) is 0 Å². The van der Waals surface area contributed by atoms with E-state index < -0.39 is 24.0 Å². The molecule has 2 aromatic carbocycles. The quantitative estimate of drug-likeness (QED) is 0.821. The Kier molecular flexibility index (Phi) is 4.83. The van der Waals surface area contributed by atoms with Gasteiger partial charge in [-0.15, -0.1) is 0 Å². The summed E-state index contributed by atoms with van der Waals surface area (Å²) in [5, 5.41) is 0. The van der Waals surface area contributed by atoms with Gasteiger partial charge >= 0.3 is 5.97 Å². The first-order valence-corrected chi connectivity index (χ1v) is 8.26. The van der Waals surface area contributed by atoms with Crippen molar-refractivity contribution >= 4 is 11.9 Å². The second kappa shape index (κ2) is 7.05. The van der Waals surface area contributed by atoms with Crippen LogP contribution in [-0.2, 0) is 21.4 Å². The molecule has 0 bridgehead atoms. The molecular formula is C20H20FNO3. The second-order valence-corrected chi connectivity index (χ2v) is 6.38. The maximum atomic E-state index is 12.3. The van der Waals surface area contributed by atoms with Crippen LogP contribution in [0.5, 0.6) is 0 Å². The minimum atomic E-state index is -0.767. The Morgan fingerprint density at radius 2 is 1.72 bits per heavy atom. The summed E-state index contributed by atoms with van der Waals surface area (Å²) in [5.74, 6) is -0.843. The van der Waals surface area contributed by atoms with E-state index in [1.54, 1.807) is 24.3 Å². The molecule has 4 nitrogen and oxygen atoms in total. The Balaban J connectivity index is 1.64. The first-order valence-electron chi connectivity index (χ1n) is 8.26. The molecule has 2 aromatic rings. The van der Waals surface area contributed by atoms with Crippen molar-refractivity contribution in [1.82, 2.24) is 0 Å². The first kappa shape index (κ1) is 17.1. The summed E-state index contributed by atoms with van der Waals surface area (Å²) in [4.78, 5) is 24.2. The lowest BCUT2D eigenvalue weighted by Gasteiger charge is -2.44. The molecule has 0 aromatic heterocycles. The van der Waals surface area contributed by atoms with E-state index in [1.165, 1.54) is 0 Å². The van der Waals surface area contributed by atoms with Crippen molar-refractivity contribution in [1.29, 1.82) is 0 Å². The number of carbonyl (C=O) groups excluding carboxylic acids is 2. The van der Waals surface area contributed by atoms with Gasteiger partial charge in [0.05, 0.1) is 17.7 Å². The molecule has 3 rings (SSSR count). The fourth-order valence-corrected chi connectivity index (χ4v) is 3.27. The number of hydrogen-bond acceptors (Lipinski definition) is 3. The molecule has 130 valence electrons. The van der Waals surface area contributed by atoms with E-state index in [0.29, 0.717) is 24.8 Å². The van der Waals surface area contributed by atoms with Crippen LogP contribution in [0.4, 0.5) is 4.39 Å². The van der Waals surface area contributed by atoms with Crippen molar-refractivity contribution in [2.24, 2.45) is 5.73 Å². The Labute approximate surface area is 145 Å². The Hall–Kier alpha value is -2.69. The molecular weight excluding hydrogens is 321 g/mol. The zero-order chi connectivity index (χ0) is 17.9. The average Bonchev–Trinajstić information content (AvgIpc) is 2.59. The number of alkyl halides is 1. The van der Waals surface area contributed by atoms with Gasteiger partial charge in [-0.05, 0) is 23.3 Å². The molecule has 1 aliphatic rings. The predicted molar refractivity (Wildman–Crippen MR) is 91.9 cm³/mol. The van der Waals surface area contributed by atoms with E-state index >= 15 is 0 Å². The number of hydrogen-bond donors (Lipinski definition) is 1. The lowest BCUT2D eigenvalue weighted by molar-refractivity contribution is -0.132. The summed E-state index contributed by atoms with van der Waals surface area (Å²) in [6.45, 7) is -0.430. The summed E-state index contributed by atoms with van der Waals surface area (Å²) >= 11 is 0. The third kappa shape index (κ3) is 3.40. The van der Waals surface area contributed by atoms with E-state index in [1.807, 2.05) is 30.3 Å². The number of primary amides is 1. The summed E-state index contributed by atoms with van der Waals surface area (Å²) < 4.78 is 17.8. The van der Waals surface area contributed by atoms with Gasteiger partial charge in [-0.3, -0.25) is 9.18 Å². The Morgan fingerprint density at radius 3 is 2.28 bits per heavy atom. The molecule has 1 amide bonds. The van der Waals surface area contributed by atoms with Crippen LogP contribution in [0.2, 0.25) is 0 Å². The number of ether oxygens (including phenoxy) is 1. The molecule has 0 saturated heterocycles. The number of carbonyl (C=O) groups is 2. The Morgan fingerprint density at radius 1 is 1.08 bits per heavy atom. The number of rotatable bonds is 6. The molecule has 0 spiro atoms. The summed E-state index contributed by atoms with van der Waals surface area (Å²) in [6, 6.07) is 16.0. The average molecular weight is 341 g/mol. The highest BCUT2D eigenvalue weighted by Gasteiger charge is 2.52. The molecule has 2 N–H and O–H groups in total. The van der Waals surface area contributed by atoms with Gasteiger partial charge in [-0.2, -0.15) is 0 Å².